The van der Waals surface area contributed by atoms with Crippen molar-refractivity contribution in [2.45, 2.75) is 6.10 Å². The van der Waals surface area contributed by atoms with Gasteiger partial charge in [-0.2, -0.15) is 4.99 Å². The third kappa shape index (κ3) is 2.30. The maximum atomic E-state index is 11.1. The van der Waals surface area contributed by atoms with Crippen LogP contribution in [0.3, 0.4) is 0 Å². The number of benzene rings is 1. The van der Waals surface area contributed by atoms with E-state index in [0.717, 1.165) is 11.8 Å². The molecule has 2 aromatic rings. The molecule has 0 bridgehead atoms. The molecule has 1 atom stereocenters. The lowest BCUT2D eigenvalue weighted by atomic mass is 10.1. The summed E-state index contributed by atoms with van der Waals surface area (Å²) in [5, 5.41) is 0. The molecule has 94 valence electrons. The molecule has 1 aromatic carbocycles. The van der Waals surface area contributed by atoms with Gasteiger partial charge in [0.2, 0.25) is 0 Å². The van der Waals surface area contributed by atoms with Crippen molar-refractivity contribution in [1.82, 2.24) is 4.98 Å². The molecule has 1 aliphatic heterocycles. The highest BCUT2D eigenvalue weighted by Crippen LogP contribution is 2.31. The third-order valence-corrected chi connectivity index (χ3v) is 2.65. The van der Waals surface area contributed by atoms with Crippen molar-refractivity contribution in [3.05, 3.63) is 54.4 Å². The molecule has 0 aliphatic carbocycles. The van der Waals surface area contributed by atoms with E-state index in [9.17, 15) is 4.79 Å². The van der Waals surface area contributed by atoms with E-state index < -0.39 is 6.10 Å². The van der Waals surface area contributed by atoms with Crippen LogP contribution in [-0.4, -0.2) is 17.4 Å². The molecule has 0 radical (unpaired) electrons. The second-order valence-electron chi connectivity index (χ2n) is 3.90. The van der Waals surface area contributed by atoms with Crippen LogP contribution in [-0.2, 0) is 9.53 Å². The van der Waals surface area contributed by atoms with Crippen LogP contribution in [0.15, 0.2) is 53.8 Å². The van der Waals surface area contributed by atoms with Gasteiger partial charge in [0, 0.05) is 11.8 Å². The monoisotopic (exact) mass is 254 g/mol. The van der Waals surface area contributed by atoms with Crippen molar-refractivity contribution < 1.29 is 14.3 Å². The Morgan fingerprint density at radius 1 is 1.21 bits per heavy atom. The summed E-state index contributed by atoms with van der Waals surface area (Å²) in [6, 6.07) is 10.8. The highest BCUT2D eigenvalue weighted by molar-refractivity contribution is 5.81. The first kappa shape index (κ1) is 11.4. The lowest BCUT2D eigenvalue weighted by molar-refractivity contribution is -0.115. The predicted molar refractivity (Wildman–Crippen MR) is 68.3 cm³/mol. The quantitative estimate of drug-likeness (QED) is 0.772. The van der Waals surface area contributed by atoms with Crippen LogP contribution in [0.25, 0.3) is 0 Å². The molecule has 0 N–H and O–H groups in total. The minimum Gasteiger partial charge on any atom is -0.434 e. The summed E-state index contributed by atoms with van der Waals surface area (Å²) in [6.07, 6.45) is 3.26. The molecule has 2 heterocycles. The van der Waals surface area contributed by atoms with Gasteiger partial charge in [-0.1, -0.05) is 18.2 Å². The van der Waals surface area contributed by atoms with Gasteiger partial charge in [0.15, 0.2) is 18.1 Å². The average Bonchev–Trinajstić information content (AvgIpc) is 2.47. The molecule has 0 saturated carbocycles. The van der Waals surface area contributed by atoms with E-state index >= 15 is 0 Å². The Labute approximate surface area is 109 Å². The normalized spacial score (nSPS) is 16.8. The number of carbonyl (C=O) groups excluding carboxylic acids is 1. The van der Waals surface area contributed by atoms with Crippen molar-refractivity contribution in [3.8, 4) is 5.75 Å². The van der Waals surface area contributed by atoms with Gasteiger partial charge < -0.3 is 9.47 Å². The van der Waals surface area contributed by atoms with Gasteiger partial charge in [0.05, 0.1) is 11.9 Å². The number of carbonyl (C=O) groups is 1. The summed E-state index contributed by atoms with van der Waals surface area (Å²) in [5.41, 5.74) is 1.40. The van der Waals surface area contributed by atoms with Gasteiger partial charge in [0.1, 0.15) is 0 Å². The molecule has 5 heteroatoms. The number of aromatic nitrogens is 1. The largest absolute Gasteiger partial charge is 0.434 e. The Bertz CT molecular complexity index is 626. The van der Waals surface area contributed by atoms with Crippen LogP contribution in [0.5, 0.6) is 5.75 Å². The van der Waals surface area contributed by atoms with Gasteiger partial charge in [-0.25, -0.2) is 0 Å². The smallest absolute Gasteiger partial charge is 0.395 e. The fourth-order valence-electron chi connectivity index (χ4n) is 1.78. The zero-order valence-electron chi connectivity index (χ0n) is 9.89. The maximum Gasteiger partial charge on any atom is 0.395 e. The van der Waals surface area contributed by atoms with Crippen LogP contribution in [0.4, 0.5) is 5.69 Å². The Balaban J connectivity index is 1.92. The molecule has 3 rings (SSSR count). The minimum atomic E-state index is -0.694. The highest BCUT2D eigenvalue weighted by atomic mass is 16.7. The van der Waals surface area contributed by atoms with Crippen molar-refractivity contribution >= 4 is 18.1 Å². The molecule has 0 fully saturated rings. The molecule has 1 aromatic heterocycles. The van der Waals surface area contributed by atoms with Gasteiger partial charge in [-0.15, -0.1) is 0 Å². The predicted octanol–water partition coefficient (Wildman–Crippen LogP) is 2.42. The molecule has 1 unspecified atom stereocenters. The molecule has 19 heavy (non-hydrogen) atoms. The maximum absolute atomic E-state index is 11.1. The number of rotatable bonds is 2. The van der Waals surface area contributed by atoms with E-state index in [1.165, 1.54) is 0 Å². The van der Waals surface area contributed by atoms with E-state index in [-0.39, 0.29) is 6.08 Å². The molecular formula is C14H10N2O3. The number of hydrogen-bond donors (Lipinski definition) is 0. The van der Waals surface area contributed by atoms with Crippen molar-refractivity contribution in [2.75, 3.05) is 0 Å². The van der Waals surface area contributed by atoms with E-state index in [4.69, 9.17) is 9.47 Å². The zero-order valence-corrected chi connectivity index (χ0v) is 9.89. The number of para-hydroxylation sites is 1. The fraction of sp³-hybridized carbons (Fsp3) is 0.0714. The van der Waals surface area contributed by atoms with Crippen LogP contribution in [0.2, 0.25) is 0 Å². The van der Waals surface area contributed by atoms with Crippen LogP contribution < -0.4 is 4.74 Å². The zero-order chi connectivity index (χ0) is 13.1. The van der Waals surface area contributed by atoms with Crippen LogP contribution in [0.1, 0.15) is 11.7 Å². The number of pyridine rings is 1. The number of aliphatic imine (C=N–C) groups is 1. The van der Waals surface area contributed by atoms with Gasteiger partial charge >= 0.3 is 6.08 Å². The first-order valence-electron chi connectivity index (χ1n) is 5.74. The standard InChI is InChI=1S/C14H10N2O3/c17-9-13-11-5-1-2-6-12(11)16-14(19-13)18-10-4-3-7-15-8-10/h1-9,13H. The second kappa shape index (κ2) is 4.89. The third-order valence-electron chi connectivity index (χ3n) is 2.65. The second-order valence-corrected chi connectivity index (χ2v) is 3.90. The number of ether oxygens (including phenoxy) is 2. The van der Waals surface area contributed by atoms with Crippen molar-refractivity contribution in [3.63, 3.8) is 0 Å². The Morgan fingerprint density at radius 2 is 2.11 bits per heavy atom. The van der Waals surface area contributed by atoms with Gasteiger partial charge in [-0.3, -0.25) is 9.78 Å². The van der Waals surface area contributed by atoms with E-state index in [1.807, 2.05) is 12.1 Å². The lowest BCUT2D eigenvalue weighted by Gasteiger charge is -2.21. The average molecular weight is 254 g/mol. The van der Waals surface area contributed by atoms with Crippen molar-refractivity contribution in [2.24, 2.45) is 4.99 Å². The van der Waals surface area contributed by atoms with Crippen molar-refractivity contribution in [1.29, 1.82) is 0 Å². The number of fused-ring (bicyclic) bond motifs is 1. The van der Waals surface area contributed by atoms with Gasteiger partial charge in [-0.05, 0) is 18.2 Å². The molecule has 5 nitrogen and oxygen atoms in total. The SMILES string of the molecule is O=CC1OC(Oc2cccnc2)=Nc2ccccc21. The van der Waals surface area contributed by atoms with Gasteiger partial charge in [0.25, 0.3) is 0 Å². The summed E-state index contributed by atoms with van der Waals surface area (Å²) in [4.78, 5) is 19.2. The summed E-state index contributed by atoms with van der Waals surface area (Å²) < 4.78 is 10.8. The molecule has 0 saturated heterocycles. The summed E-state index contributed by atoms with van der Waals surface area (Å²) in [5.74, 6) is 0.505. The first-order valence-corrected chi connectivity index (χ1v) is 5.74. The van der Waals surface area contributed by atoms with Crippen LogP contribution in [0, 0.1) is 0 Å². The van der Waals surface area contributed by atoms with Crippen LogP contribution >= 0.6 is 0 Å². The molecule has 0 amide bonds. The Hall–Kier alpha value is -2.69. The lowest BCUT2D eigenvalue weighted by Crippen LogP contribution is -2.21. The Morgan fingerprint density at radius 3 is 2.89 bits per heavy atom. The fourth-order valence-corrected chi connectivity index (χ4v) is 1.78. The number of aldehydes is 1. The first-order chi connectivity index (χ1) is 9.36. The molecule has 0 spiro atoms. The molecular weight excluding hydrogens is 244 g/mol. The number of hydrogen-bond acceptors (Lipinski definition) is 5. The van der Waals surface area contributed by atoms with E-state index in [1.54, 1.807) is 36.7 Å². The summed E-state index contributed by atoms with van der Waals surface area (Å²) >= 11 is 0. The summed E-state index contributed by atoms with van der Waals surface area (Å²) in [6.45, 7) is 0. The number of nitrogens with zero attached hydrogens (tertiary/aromatic N) is 2. The minimum absolute atomic E-state index is 0.0452. The molecule has 1 aliphatic rings. The van der Waals surface area contributed by atoms with E-state index in [0.29, 0.717) is 11.4 Å². The summed E-state index contributed by atoms with van der Waals surface area (Å²) in [7, 11) is 0. The topological polar surface area (TPSA) is 60.8 Å². The highest BCUT2D eigenvalue weighted by Gasteiger charge is 2.24. The van der Waals surface area contributed by atoms with E-state index in [2.05, 4.69) is 9.98 Å². The Kier molecular flexibility index (Phi) is 2.94.